The van der Waals surface area contributed by atoms with E-state index in [2.05, 4.69) is 13.8 Å². The van der Waals surface area contributed by atoms with Crippen LogP contribution < -0.4 is 0 Å². The van der Waals surface area contributed by atoms with Crippen LogP contribution >= 0.6 is 0 Å². The molecular weight excluding hydrogens is 204 g/mol. The minimum absolute atomic E-state index is 0.128. The number of carbonyl (C=O) groups is 2. The molecule has 0 heterocycles. The summed E-state index contributed by atoms with van der Waals surface area (Å²) in [5.74, 6) is -0.182. The van der Waals surface area contributed by atoms with Gasteiger partial charge in [0, 0.05) is 6.42 Å². The Morgan fingerprint density at radius 2 is 1.75 bits per heavy atom. The Balaban J connectivity index is 5.05. The lowest BCUT2D eigenvalue weighted by atomic mass is 9.96. The predicted octanol–water partition coefficient (Wildman–Crippen LogP) is 2.89. The molecule has 0 aliphatic carbocycles. The summed E-state index contributed by atoms with van der Waals surface area (Å²) in [6, 6.07) is 0. The average molecular weight is 226 g/mol. The Hall–Kier alpha value is -1.12. The van der Waals surface area contributed by atoms with Gasteiger partial charge >= 0.3 is 5.97 Å². The smallest absolute Gasteiger partial charge is 0.341 e. The van der Waals surface area contributed by atoms with Crippen LogP contribution in [0.3, 0.4) is 0 Å². The Morgan fingerprint density at radius 3 is 2.12 bits per heavy atom. The largest absolute Gasteiger partial charge is 0.462 e. The van der Waals surface area contributed by atoms with Crippen LogP contribution in [0.15, 0.2) is 11.1 Å². The number of hydrogen-bond acceptors (Lipinski definition) is 3. The third-order valence-corrected chi connectivity index (χ3v) is 2.22. The van der Waals surface area contributed by atoms with Crippen molar-refractivity contribution in [3.05, 3.63) is 11.1 Å². The van der Waals surface area contributed by atoms with Crippen LogP contribution in [0.1, 0.15) is 47.5 Å². The summed E-state index contributed by atoms with van der Waals surface area (Å²) < 4.78 is 4.91. The molecule has 0 rings (SSSR count). The second kappa shape index (κ2) is 7.20. The zero-order valence-electron chi connectivity index (χ0n) is 10.9. The minimum Gasteiger partial charge on any atom is -0.462 e. The first-order valence-electron chi connectivity index (χ1n) is 5.84. The number of ketones is 1. The zero-order chi connectivity index (χ0) is 12.7. The van der Waals surface area contributed by atoms with Gasteiger partial charge in [0.05, 0.1) is 6.61 Å². The van der Waals surface area contributed by atoms with E-state index in [4.69, 9.17) is 4.74 Å². The molecule has 92 valence electrons. The number of Topliss-reactive ketones (excluding diaryl/α,β-unsaturated/α-hetero) is 1. The molecule has 0 unspecified atom stereocenters. The van der Waals surface area contributed by atoms with E-state index in [9.17, 15) is 9.59 Å². The SMILES string of the molecule is CCOC(=O)C(C(=O)CC)=C(C)CC(C)C. The molecule has 0 saturated heterocycles. The lowest BCUT2D eigenvalue weighted by molar-refractivity contribution is -0.140. The lowest BCUT2D eigenvalue weighted by Gasteiger charge is -2.11. The van der Waals surface area contributed by atoms with Gasteiger partial charge in [-0.3, -0.25) is 4.79 Å². The van der Waals surface area contributed by atoms with Crippen LogP contribution in [0.25, 0.3) is 0 Å². The molecule has 0 aliphatic rings. The second-order valence-corrected chi connectivity index (χ2v) is 4.25. The van der Waals surface area contributed by atoms with E-state index in [0.717, 1.165) is 12.0 Å². The van der Waals surface area contributed by atoms with Crippen LogP contribution in [0.4, 0.5) is 0 Å². The van der Waals surface area contributed by atoms with E-state index in [1.165, 1.54) is 0 Å². The molecule has 0 saturated carbocycles. The van der Waals surface area contributed by atoms with Crippen molar-refractivity contribution in [2.75, 3.05) is 6.61 Å². The predicted molar refractivity (Wildman–Crippen MR) is 64.1 cm³/mol. The maximum Gasteiger partial charge on any atom is 0.341 e. The topological polar surface area (TPSA) is 43.4 Å². The number of rotatable bonds is 6. The summed E-state index contributed by atoms with van der Waals surface area (Å²) in [6.45, 7) is 9.74. The van der Waals surface area contributed by atoms with Gasteiger partial charge in [-0.25, -0.2) is 4.79 Å². The zero-order valence-corrected chi connectivity index (χ0v) is 10.9. The molecule has 0 bridgehead atoms. The van der Waals surface area contributed by atoms with Crippen molar-refractivity contribution >= 4 is 11.8 Å². The summed E-state index contributed by atoms with van der Waals surface area (Å²) in [5, 5.41) is 0. The Labute approximate surface area is 97.9 Å². The maximum absolute atomic E-state index is 11.7. The van der Waals surface area contributed by atoms with Gasteiger partial charge in [-0.15, -0.1) is 0 Å². The summed E-state index contributed by atoms with van der Waals surface area (Å²) in [5.41, 5.74) is 1.08. The molecule has 0 aromatic carbocycles. The minimum atomic E-state index is -0.479. The highest BCUT2D eigenvalue weighted by Gasteiger charge is 2.21. The summed E-state index contributed by atoms with van der Waals surface area (Å²) >= 11 is 0. The molecule has 0 aromatic heterocycles. The fourth-order valence-electron chi connectivity index (χ4n) is 1.62. The van der Waals surface area contributed by atoms with Crippen molar-refractivity contribution in [3.8, 4) is 0 Å². The van der Waals surface area contributed by atoms with E-state index >= 15 is 0 Å². The molecule has 0 fully saturated rings. The van der Waals surface area contributed by atoms with Crippen LogP contribution in [0, 0.1) is 5.92 Å². The molecule has 16 heavy (non-hydrogen) atoms. The van der Waals surface area contributed by atoms with Crippen molar-refractivity contribution in [1.29, 1.82) is 0 Å². The summed E-state index contributed by atoms with van der Waals surface area (Å²) in [7, 11) is 0. The van der Waals surface area contributed by atoms with Crippen molar-refractivity contribution in [3.63, 3.8) is 0 Å². The highest BCUT2D eigenvalue weighted by molar-refractivity contribution is 6.17. The molecule has 0 radical (unpaired) electrons. The van der Waals surface area contributed by atoms with Gasteiger partial charge in [-0.1, -0.05) is 26.3 Å². The molecular formula is C13H22O3. The van der Waals surface area contributed by atoms with Crippen molar-refractivity contribution in [2.24, 2.45) is 5.92 Å². The molecule has 3 heteroatoms. The van der Waals surface area contributed by atoms with Gasteiger partial charge in [-0.2, -0.15) is 0 Å². The van der Waals surface area contributed by atoms with E-state index in [0.29, 0.717) is 18.9 Å². The lowest BCUT2D eigenvalue weighted by Crippen LogP contribution is -2.17. The molecule has 0 amide bonds. The first-order chi connectivity index (χ1) is 7.43. The van der Waals surface area contributed by atoms with Crippen LogP contribution in [-0.2, 0) is 14.3 Å². The first kappa shape index (κ1) is 14.9. The fraction of sp³-hybridized carbons (Fsp3) is 0.692. The maximum atomic E-state index is 11.7. The van der Waals surface area contributed by atoms with Crippen LogP contribution in [0.2, 0.25) is 0 Å². The Bertz CT molecular complexity index is 288. The van der Waals surface area contributed by atoms with E-state index in [1.807, 2.05) is 6.92 Å². The summed E-state index contributed by atoms with van der Waals surface area (Å²) in [6.07, 6.45) is 1.09. The molecule has 3 nitrogen and oxygen atoms in total. The van der Waals surface area contributed by atoms with Gasteiger partial charge in [0.25, 0.3) is 0 Å². The van der Waals surface area contributed by atoms with Crippen molar-refractivity contribution in [2.45, 2.75) is 47.5 Å². The normalized spacial score (nSPS) is 12.4. The van der Waals surface area contributed by atoms with E-state index in [-0.39, 0.29) is 11.4 Å². The van der Waals surface area contributed by atoms with Gasteiger partial charge in [0.15, 0.2) is 5.78 Å². The van der Waals surface area contributed by atoms with Crippen LogP contribution in [0.5, 0.6) is 0 Å². The van der Waals surface area contributed by atoms with Crippen LogP contribution in [-0.4, -0.2) is 18.4 Å². The highest BCUT2D eigenvalue weighted by atomic mass is 16.5. The number of hydrogen-bond donors (Lipinski definition) is 0. The van der Waals surface area contributed by atoms with Gasteiger partial charge in [-0.05, 0) is 26.2 Å². The second-order valence-electron chi connectivity index (χ2n) is 4.25. The number of ether oxygens (including phenoxy) is 1. The number of allylic oxidation sites excluding steroid dienone is 1. The number of carbonyl (C=O) groups excluding carboxylic acids is 2. The highest BCUT2D eigenvalue weighted by Crippen LogP contribution is 2.17. The molecule has 0 atom stereocenters. The molecule has 0 N–H and O–H groups in total. The Morgan fingerprint density at radius 1 is 1.19 bits per heavy atom. The monoisotopic (exact) mass is 226 g/mol. The summed E-state index contributed by atoms with van der Waals surface area (Å²) in [4.78, 5) is 23.4. The third-order valence-electron chi connectivity index (χ3n) is 2.22. The quantitative estimate of drug-likeness (QED) is 0.303. The van der Waals surface area contributed by atoms with E-state index < -0.39 is 5.97 Å². The third kappa shape index (κ3) is 4.60. The standard InChI is InChI=1S/C13H22O3/c1-6-11(14)12(13(15)16-7-2)10(5)8-9(3)4/h9H,6-8H2,1-5H3. The first-order valence-corrected chi connectivity index (χ1v) is 5.84. The molecule has 0 aromatic rings. The van der Waals surface area contributed by atoms with Crippen molar-refractivity contribution in [1.82, 2.24) is 0 Å². The van der Waals surface area contributed by atoms with Gasteiger partial charge in [0.2, 0.25) is 0 Å². The van der Waals surface area contributed by atoms with Gasteiger partial charge < -0.3 is 4.74 Å². The fourth-order valence-corrected chi connectivity index (χ4v) is 1.62. The molecule has 0 aliphatic heterocycles. The Kier molecular flexibility index (Phi) is 6.70. The van der Waals surface area contributed by atoms with Gasteiger partial charge in [0.1, 0.15) is 5.57 Å². The average Bonchev–Trinajstić information content (AvgIpc) is 2.16. The van der Waals surface area contributed by atoms with E-state index in [1.54, 1.807) is 13.8 Å². The number of esters is 1. The molecule has 0 spiro atoms. The van der Waals surface area contributed by atoms with Crippen molar-refractivity contribution < 1.29 is 14.3 Å².